The minimum Gasteiger partial charge on any atom is -0.492 e. The summed E-state index contributed by atoms with van der Waals surface area (Å²) >= 11 is 1.39. The van der Waals surface area contributed by atoms with Crippen molar-refractivity contribution in [3.63, 3.8) is 0 Å². The number of amides is 1. The molecule has 5 nitrogen and oxygen atoms in total. The van der Waals surface area contributed by atoms with E-state index >= 15 is 0 Å². The zero-order valence-electron chi connectivity index (χ0n) is 11.6. The summed E-state index contributed by atoms with van der Waals surface area (Å²) in [6.45, 7) is 5.82. The molecule has 1 aromatic rings. The molecular formula is C12H21N3O2S. The van der Waals surface area contributed by atoms with E-state index in [0.29, 0.717) is 16.3 Å². The molecular weight excluding hydrogens is 250 g/mol. The monoisotopic (exact) mass is 271 g/mol. The average molecular weight is 271 g/mol. The number of carbonyl (C=O) groups excluding carboxylic acids is 1. The summed E-state index contributed by atoms with van der Waals surface area (Å²) in [4.78, 5) is 16.2. The minimum atomic E-state index is -0.0887. The second kappa shape index (κ2) is 5.95. The van der Waals surface area contributed by atoms with Crippen LogP contribution in [0.4, 0.5) is 10.7 Å². The first-order valence-corrected chi connectivity index (χ1v) is 6.72. The van der Waals surface area contributed by atoms with Crippen molar-refractivity contribution in [2.24, 2.45) is 0 Å². The highest BCUT2D eigenvalue weighted by atomic mass is 32.1. The van der Waals surface area contributed by atoms with Gasteiger partial charge < -0.3 is 20.3 Å². The number of carbonyl (C=O) groups is 1. The highest BCUT2D eigenvalue weighted by Crippen LogP contribution is 2.44. The summed E-state index contributed by atoms with van der Waals surface area (Å²) in [5, 5.41) is 0.921. The Bertz CT molecular complexity index is 425. The highest BCUT2D eigenvalue weighted by molar-refractivity contribution is 7.19. The summed E-state index contributed by atoms with van der Waals surface area (Å²) in [7, 11) is 5.01. The highest BCUT2D eigenvalue weighted by Gasteiger charge is 2.25. The van der Waals surface area contributed by atoms with Gasteiger partial charge in [0, 0.05) is 27.2 Å². The lowest BCUT2D eigenvalue weighted by Gasteiger charge is -2.19. The fourth-order valence-electron chi connectivity index (χ4n) is 1.69. The third-order valence-corrected chi connectivity index (χ3v) is 3.97. The third kappa shape index (κ3) is 2.53. The molecule has 0 fully saturated rings. The van der Waals surface area contributed by atoms with Gasteiger partial charge in [0.15, 0.2) is 5.75 Å². The van der Waals surface area contributed by atoms with Crippen LogP contribution in [0.3, 0.4) is 0 Å². The van der Waals surface area contributed by atoms with E-state index in [0.717, 1.165) is 18.1 Å². The predicted molar refractivity (Wildman–Crippen MR) is 76.9 cm³/mol. The molecule has 0 saturated heterocycles. The molecule has 6 heteroatoms. The number of nitrogens with zero attached hydrogens (tertiary/aromatic N) is 2. The van der Waals surface area contributed by atoms with Gasteiger partial charge in [-0.3, -0.25) is 4.79 Å². The Labute approximate surface area is 112 Å². The van der Waals surface area contributed by atoms with Crippen molar-refractivity contribution in [3.05, 3.63) is 4.88 Å². The first-order valence-electron chi connectivity index (χ1n) is 5.90. The minimum absolute atomic E-state index is 0.0887. The standard InChI is InChI=1S/C12H21N3O2S/c1-6-15(7-2)12-9(17-5)8(13)10(18-12)11(16)14(3)4/h6-7,13H2,1-5H3. The lowest BCUT2D eigenvalue weighted by Crippen LogP contribution is -2.21. The van der Waals surface area contributed by atoms with Gasteiger partial charge in [0.1, 0.15) is 15.6 Å². The lowest BCUT2D eigenvalue weighted by atomic mass is 10.3. The largest absolute Gasteiger partial charge is 0.492 e. The molecule has 0 bridgehead atoms. The molecule has 0 unspecified atom stereocenters. The molecule has 102 valence electrons. The molecule has 1 rings (SSSR count). The number of ether oxygens (including phenoxy) is 1. The van der Waals surface area contributed by atoms with Crippen molar-refractivity contribution in [1.82, 2.24) is 4.90 Å². The average Bonchev–Trinajstić information content (AvgIpc) is 2.67. The Hall–Kier alpha value is -1.43. The number of methoxy groups -OCH3 is 1. The van der Waals surface area contributed by atoms with Gasteiger partial charge in [-0.15, -0.1) is 11.3 Å². The molecule has 1 heterocycles. The molecule has 0 radical (unpaired) electrons. The maximum absolute atomic E-state index is 12.0. The van der Waals surface area contributed by atoms with E-state index in [1.165, 1.54) is 16.2 Å². The second-order valence-corrected chi connectivity index (χ2v) is 5.05. The van der Waals surface area contributed by atoms with Crippen molar-refractivity contribution >= 4 is 27.9 Å². The molecule has 0 spiro atoms. The summed E-state index contributed by atoms with van der Waals surface area (Å²) < 4.78 is 5.34. The molecule has 0 aliphatic heterocycles. The summed E-state index contributed by atoms with van der Waals surface area (Å²) in [6, 6.07) is 0. The van der Waals surface area contributed by atoms with Gasteiger partial charge in [0.05, 0.1) is 7.11 Å². The third-order valence-electron chi connectivity index (χ3n) is 2.74. The van der Waals surface area contributed by atoms with Crippen LogP contribution in [0.2, 0.25) is 0 Å². The van der Waals surface area contributed by atoms with Crippen LogP contribution in [0.1, 0.15) is 23.5 Å². The Morgan fingerprint density at radius 2 is 1.89 bits per heavy atom. The van der Waals surface area contributed by atoms with Crippen molar-refractivity contribution in [2.75, 3.05) is 44.9 Å². The maximum Gasteiger partial charge on any atom is 0.265 e. The lowest BCUT2D eigenvalue weighted by molar-refractivity contribution is 0.0833. The van der Waals surface area contributed by atoms with Gasteiger partial charge in [-0.1, -0.05) is 0 Å². The fraction of sp³-hybridized carbons (Fsp3) is 0.583. The normalized spacial score (nSPS) is 10.3. The molecule has 1 amide bonds. The molecule has 18 heavy (non-hydrogen) atoms. The number of thiophene rings is 1. The summed E-state index contributed by atoms with van der Waals surface area (Å²) in [6.07, 6.45) is 0. The zero-order chi connectivity index (χ0) is 13.9. The topological polar surface area (TPSA) is 58.8 Å². The van der Waals surface area contributed by atoms with Crippen molar-refractivity contribution in [2.45, 2.75) is 13.8 Å². The Kier molecular flexibility index (Phi) is 4.84. The number of anilines is 2. The molecule has 0 atom stereocenters. The van der Waals surface area contributed by atoms with Crippen molar-refractivity contribution in [1.29, 1.82) is 0 Å². The second-order valence-electron chi connectivity index (χ2n) is 4.06. The predicted octanol–water partition coefficient (Wildman–Crippen LogP) is 1.89. The maximum atomic E-state index is 12.0. The number of hydrogen-bond acceptors (Lipinski definition) is 5. The summed E-state index contributed by atoms with van der Waals surface area (Å²) in [5.41, 5.74) is 6.45. The van der Waals surface area contributed by atoms with Gasteiger partial charge >= 0.3 is 0 Å². The quantitative estimate of drug-likeness (QED) is 0.888. The Morgan fingerprint density at radius 3 is 2.28 bits per heavy atom. The number of nitrogens with two attached hydrogens (primary N) is 1. The Morgan fingerprint density at radius 1 is 1.33 bits per heavy atom. The van der Waals surface area contributed by atoms with E-state index in [-0.39, 0.29) is 5.91 Å². The van der Waals surface area contributed by atoms with E-state index in [1.807, 2.05) is 0 Å². The van der Waals surface area contributed by atoms with Gasteiger partial charge in [-0.25, -0.2) is 0 Å². The van der Waals surface area contributed by atoms with E-state index in [1.54, 1.807) is 21.2 Å². The number of nitrogen functional groups attached to an aromatic ring is 1. The number of rotatable bonds is 5. The molecule has 0 aliphatic rings. The van der Waals surface area contributed by atoms with Crippen molar-refractivity contribution < 1.29 is 9.53 Å². The van der Waals surface area contributed by atoms with Crippen molar-refractivity contribution in [3.8, 4) is 5.75 Å². The molecule has 0 aromatic carbocycles. The Balaban J connectivity index is 3.29. The molecule has 2 N–H and O–H groups in total. The van der Waals surface area contributed by atoms with Crippen LogP contribution >= 0.6 is 11.3 Å². The molecule has 0 aliphatic carbocycles. The first kappa shape index (κ1) is 14.6. The van der Waals surface area contributed by atoms with Gasteiger partial charge in [-0.05, 0) is 13.8 Å². The van der Waals surface area contributed by atoms with Crippen LogP contribution in [0.25, 0.3) is 0 Å². The van der Waals surface area contributed by atoms with Crippen LogP contribution in [0.5, 0.6) is 5.75 Å². The van der Waals surface area contributed by atoms with E-state index in [4.69, 9.17) is 10.5 Å². The van der Waals surface area contributed by atoms with E-state index in [9.17, 15) is 4.79 Å². The first-order chi connectivity index (χ1) is 8.47. The summed E-state index contributed by atoms with van der Waals surface area (Å²) in [5.74, 6) is 0.517. The van der Waals surface area contributed by atoms with Crippen LogP contribution in [-0.4, -0.2) is 45.1 Å². The smallest absolute Gasteiger partial charge is 0.265 e. The van der Waals surface area contributed by atoms with Gasteiger partial charge in [-0.2, -0.15) is 0 Å². The zero-order valence-corrected chi connectivity index (χ0v) is 12.4. The SMILES string of the molecule is CCN(CC)c1sc(C(=O)N(C)C)c(N)c1OC. The number of hydrogen-bond donors (Lipinski definition) is 1. The van der Waals surface area contributed by atoms with E-state index < -0.39 is 0 Å². The van der Waals surface area contributed by atoms with Crippen LogP contribution in [-0.2, 0) is 0 Å². The molecule has 0 saturated carbocycles. The van der Waals surface area contributed by atoms with Gasteiger partial charge in [0.2, 0.25) is 0 Å². The van der Waals surface area contributed by atoms with Crippen LogP contribution in [0, 0.1) is 0 Å². The van der Waals surface area contributed by atoms with Crippen LogP contribution < -0.4 is 15.4 Å². The fourth-order valence-corrected chi connectivity index (χ4v) is 3.03. The van der Waals surface area contributed by atoms with Crippen LogP contribution in [0.15, 0.2) is 0 Å². The molecule has 1 aromatic heterocycles. The van der Waals surface area contributed by atoms with E-state index in [2.05, 4.69) is 18.7 Å². The van der Waals surface area contributed by atoms with Gasteiger partial charge in [0.25, 0.3) is 5.91 Å².